The molecule has 1 aromatic heterocycles. The van der Waals surface area contributed by atoms with Gasteiger partial charge in [0.1, 0.15) is 0 Å². The van der Waals surface area contributed by atoms with Crippen molar-refractivity contribution in [3.63, 3.8) is 0 Å². The number of nitrogens with one attached hydrogen (secondary N) is 1. The van der Waals surface area contributed by atoms with E-state index in [1.807, 2.05) is 6.92 Å². The number of hydrogen-bond donors (Lipinski definition) is 1. The van der Waals surface area contributed by atoms with Gasteiger partial charge in [-0.3, -0.25) is 9.78 Å². The highest BCUT2D eigenvalue weighted by atomic mass is 32.3. The van der Waals surface area contributed by atoms with Crippen LogP contribution in [0.4, 0.5) is 3.89 Å². The second kappa shape index (κ2) is 6.35. The van der Waals surface area contributed by atoms with E-state index in [4.69, 9.17) is 4.74 Å². The van der Waals surface area contributed by atoms with Gasteiger partial charge in [0.25, 0.3) is 5.91 Å². The Morgan fingerprint density at radius 3 is 2.95 bits per heavy atom. The zero-order chi connectivity index (χ0) is 15.5. The van der Waals surface area contributed by atoms with Crippen LogP contribution in [0, 0.1) is 5.92 Å². The quantitative estimate of drug-likeness (QED) is 0.808. The summed E-state index contributed by atoms with van der Waals surface area (Å²) in [6, 6.07) is 0.993. The van der Waals surface area contributed by atoms with Gasteiger partial charge in [0.2, 0.25) is 0 Å². The van der Waals surface area contributed by atoms with Gasteiger partial charge in [-0.05, 0) is 12.5 Å². The summed E-state index contributed by atoms with van der Waals surface area (Å²) < 4.78 is 42.6. The van der Waals surface area contributed by atoms with Crippen LogP contribution < -0.4 is 9.50 Å². The van der Waals surface area contributed by atoms with Gasteiger partial charge in [-0.1, -0.05) is 10.8 Å². The van der Waals surface area contributed by atoms with Crippen LogP contribution in [-0.2, 0) is 15.2 Å². The standard InChI is InChI=1S/C12H15FN2O5S/c1-2-8-6-19-7-11(8)15-12(16)9-3-10(5-14-4-9)20-21(13,17)18/h3-5,8,11H,2,6-7H2,1H3,(H,15,16). The van der Waals surface area contributed by atoms with E-state index in [9.17, 15) is 17.1 Å². The monoisotopic (exact) mass is 318 g/mol. The number of hydrogen-bond acceptors (Lipinski definition) is 6. The summed E-state index contributed by atoms with van der Waals surface area (Å²) in [6.07, 6.45) is 3.11. The Morgan fingerprint density at radius 1 is 1.52 bits per heavy atom. The molecule has 7 nitrogen and oxygen atoms in total. The first-order valence-electron chi connectivity index (χ1n) is 6.36. The SMILES string of the molecule is CCC1COCC1NC(=O)c1cncc(OS(=O)(=O)F)c1. The zero-order valence-corrected chi connectivity index (χ0v) is 12.1. The van der Waals surface area contributed by atoms with Gasteiger partial charge in [-0.2, -0.15) is 8.42 Å². The van der Waals surface area contributed by atoms with Crippen molar-refractivity contribution in [2.75, 3.05) is 13.2 Å². The number of ether oxygens (including phenoxy) is 1. The average molecular weight is 318 g/mol. The predicted octanol–water partition coefficient (Wildman–Crippen LogP) is 0.829. The van der Waals surface area contributed by atoms with Crippen LogP contribution in [0.25, 0.3) is 0 Å². The summed E-state index contributed by atoms with van der Waals surface area (Å²) in [5, 5.41) is 2.78. The first-order chi connectivity index (χ1) is 9.89. The summed E-state index contributed by atoms with van der Waals surface area (Å²) >= 11 is 0. The number of aromatic nitrogens is 1. The molecule has 1 aliphatic heterocycles. The lowest BCUT2D eigenvalue weighted by Gasteiger charge is -2.17. The number of carbonyl (C=O) groups is 1. The zero-order valence-electron chi connectivity index (χ0n) is 11.3. The number of halogens is 1. The fourth-order valence-corrected chi connectivity index (χ4v) is 2.44. The highest BCUT2D eigenvalue weighted by Gasteiger charge is 2.28. The molecule has 1 saturated heterocycles. The Bertz CT molecular complexity index is 622. The van der Waals surface area contributed by atoms with Crippen LogP contribution in [-0.4, -0.2) is 38.6 Å². The van der Waals surface area contributed by atoms with Crippen molar-refractivity contribution < 1.29 is 26.0 Å². The van der Waals surface area contributed by atoms with Crippen molar-refractivity contribution in [3.8, 4) is 5.75 Å². The topological polar surface area (TPSA) is 94.6 Å². The molecule has 0 radical (unpaired) electrons. The average Bonchev–Trinajstić information content (AvgIpc) is 2.84. The molecule has 1 amide bonds. The third kappa shape index (κ3) is 4.36. The van der Waals surface area contributed by atoms with Crippen molar-refractivity contribution in [1.29, 1.82) is 0 Å². The van der Waals surface area contributed by atoms with E-state index in [0.717, 1.165) is 18.7 Å². The summed E-state index contributed by atoms with van der Waals surface area (Å²) in [7, 11) is -5.15. The van der Waals surface area contributed by atoms with Gasteiger partial charge in [0.05, 0.1) is 31.0 Å². The third-order valence-electron chi connectivity index (χ3n) is 3.21. The molecule has 1 aromatic rings. The number of rotatable bonds is 5. The molecule has 9 heteroatoms. The van der Waals surface area contributed by atoms with Crippen LogP contribution in [0.3, 0.4) is 0 Å². The Hall–Kier alpha value is -1.74. The van der Waals surface area contributed by atoms with Crippen LogP contribution >= 0.6 is 0 Å². The minimum absolute atomic E-state index is 0.0814. The minimum atomic E-state index is -5.15. The Balaban J connectivity index is 2.07. The smallest absolute Gasteiger partial charge is 0.379 e. The Labute approximate surface area is 121 Å². The van der Waals surface area contributed by atoms with Gasteiger partial charge < -0.3 is 14.2 Å². The van der Waals surface area contributed by atoms with Crippen LogP contribution in [0.2, 0.25) is 0 Å². The second-order valence-corrected chi connectivity index (χ2v) is 5.62. The molecule has 21 heavy (non-hydrogen) atoms. The number of nitrogens with zero attached hydrogens (tertiary/aromatic N) is 1. The maximum absolute atomic E-state index is 12.4. The lowest BCUT2D eigenvalue weighted by Crippen LogP contribution is -2.39. The first kappa shape index (κ1) is 15.6. The second-order valence-electron chi connectivity index (χ2n) is 4.67. The van der Waals surface area contributed by atoms with E-state index in [-0.39, 0.29) is 23.3 Å². The van der Waals surface area contributed by atoms with Gasteiger partial charge in [-0.25, -0.2) is 0 Å². The lowest BCUT2D eigenvalue weighted by atomic mass is 10.0. The predicted molar refractivity (Wildman–Crippen MR) is 70.7 cm³/mol. The van der Waals surface area contributed by atoms with Crippen molar-refractivity contribution in [2.24, 2.45) is 5.92 Å². The van der Waals surface area contributed by atoms with Crippen LogP contribution in [0.5, 0.6) is 5.75 Å². The van der Waals surface area contributed by atoms with Gasteiger partial charge >= 0.3 is 10.5 Å². The van der Waals surface area contributed by atoms with Crippen molar-refractivity contribution in [3.05, 3.63) is 24.0 Å². The Morgan fingerprint density at radius 2 is 2.29 bits per heavy atom. The molecule has 0 saturated carbocycles. The molecule has 1 aliphatic rings. The van der Waals surface area contributed by atoms with E-state index < -0.39 is 16.4 Å². The Kier molecular flexibility index (Phi) is 4.73. The fourth-order valence-electron chi connectivity index (χ4n) is 2.12. The molecule has 2 atom stereocenters. The molecule has 1 fully saturated rings. The number of amides is 1. The molecule has 0 spiro atoms. The number of pyridine rings is 1. The normalized spacial score (nSPS) is 22.0. The van der Waals surface area contributed by atoms with Gasteiger partial charge in [0, 0.05) is 12.1 Å². The highest BCUT2D eigenvalue weighted by molar-refractivity contribution is 7.81. The summed E-state index contributed by atoms with van der Waals surface area (Å²) in [5.41, 5.74) is 0.0814. The maximum atomic E-state index is 12.4. The molecule has 2 unspecified atom stereocenters. The van der Waals surface area contributed by atoms with Gasteiger partial charge in [-0.15, -0.1) is 0 Å². The molecular weight excluding hydrogens is 303 g/mol. The first-order valence-corrected chi connectivity index (χ1v) is 7.67. The molecule has 0 aromatic carbocycles. The third-order valence-corrected chi connectivity index (χ3v) is 3.60. The van der Waals surface area contributed by atoms with Crippen molar-refractivity contribution in [1.82, 2.24) is 10.3 Å². The molecule has 0 bridgehead atoms. The van der Waals surface area contributed by atoms with E-state index in [1.54, 1.807) is 0 Å². The van der Waals surface area contributed by atoms with Crippen molar-refractivity contribution in [2.45, 2.75) is 19.4 Å². The minimum Gasteiger partial charge on any atom is -0.379 e. The molecule has 2 rings (SSSR count). The molecule has 116 valence electrons. The van der Waals surface area contributed by atoms with E-state index in [2.05, 4.69) is 14.5 Å². The maximum Gasteiger partial charge on any atom is 0.488 e. The molecular formula is C12H15FN2O5S. The largest absolute Gasteiger partial charge is 0.488 e. The van der Waals surface area contributed by atoms with E-state index in [0.29, 0.717) is 13.2 Å². The van der Waals surface area contributed by atoms with Gasteiger partial charge in [0.15, 0.2) is 5.75 Å². The molecule has 2 heterocycles. The van der Waals surface area contributed by atoms with Crippen LogP contribution in [0.1, 0.15) is 23.7 Å². The number of carbonyl (C=O) groups excluding carboxylic acids is 1. The highest BCUT2D eigenvalue weighted by Crippen LogP contribution is 2.18. The lowest BCUT2D eigenvalue weighted by molar-refractivity contribution is 0.0924. The summed E-state index contributed by atoms with van der Waals surface area (Å²) in [5.74, 6) is -0.578. The molecule has 0 aliphatic carbocycles. The van der Waals surface area contributed by atoms with Crippen molar-refractivity contribution >= 4 is 16.4 Å². The summed E-state index contributed by atoms with van der Waals surface area (Å²) in [4.78, 5) is 15.7. The van der Waals surface area contributed by atoms with E-state index in [1.165, 1.54) is 6.20 Å². The van der Waals surface area contributed by atoms with E-state index >= 15 is 0 Å². The molecule has 1 N–H and O–H groups in total. The summed E-state index contributed by atoms with van der Waals surface area (Å²) in [6.45, 7) is 3.01. The fraction of sp³-hybridized carbons (Fsp3) is 0.500. The van der Waals surface area contributed by atoms with Crippen LogP contribution in [0.15, 0.2) is 18.5 Å².